The molecule has 1 aliphatic heterocycles. The normalized spacial score (nSPS) is 19.6. The summed E-state index contributed by atoms with van der Waals surface area (Å²) in [5.74, 6) is 0.201. The first-order chi connectivity index (χ1) is 7.76. The minimum absolute atomic E-state index is 0.0200. The number of benzene rings is 1. The smallest absolute Gasteiger partial charge is 0.170 e. The molecule has 0 N–H and O–H groups in total. The number of methoxy groups -OCH3 is 1. The van der Waals surface area contributed by atoms with E-state index in [9.17, 15) is 4.79 Å². The number of hydrogen-bond acceptors (Lipinski definition) is 4. The molecule has 0 radical (unpaired) electrons. The number of nitrogens with zero attached hydrogens (tertiary/aromatic N) is 2. The van der Waals surface area contributed by atoms with E-state index in [4.69, 9.17) is 10.00 Å². The Labute approximate surface area is 94.0 Å². The van der Waals surface area contributed by atoms with E-state index < -0.39 is 5.92 Å². The van der Waals surface area contributed by atoms with Crippen LogP contribution < -0.4 is 9.64 Å². The van der Waals surface area contributed by atoms with Gasteiger partial charge >= 0.3 is 0 Å². The van der Waals surface area contributed by atoms with Gasteiger partial charge in [0.05, 0.1) is 25.4 Å². The van der Waals surface area contributed by atoms with Crippen LogP contribution in [0.15, 0.2) is 24.3 Å². The van der Waals surface area contributed by atoms with Crippen molar-refractivity contribution in [3.63, 3.8) is 0 Å². The molecule has 1 atom stereocenters. The average molecular weight is 216 g/mol. The van der Waals surface area contributed by atoms with E-state index in [0.717, 1.165) is 11.4 Å². The lowest BCUT2D eigenvalue weighted by Gasteiger charge is -2.19. The standard InChI is InChI=1S/C12H12N2O2/c1-16-12-5-3-2-4-10(12)14-7-9(6-13)11(15)8-14/h2-5,9H,7-8H2,1H3/t9-/m1/s1. The Bertz CT molecular complexity index is 451. The van der Waals surface area contributed by atoms with Crippen molar-refractivity contribution in [3.05, 3.63) is 24.3 Å². The zero-order chi connectivity index (χ0) is 11.5. The van der Waals surface area contributed by atoms with Crippen LogP contribution in [0.2, 0.25) is 0 Å². The maximum atomic E-state index is 11.5. The van der Waals surface area contributed by atoms with Crippen LogP contribution in [0.5, 0.6) is 5.75 Å². The molecule has 1 aromatic rings. The Hall–Kier alpha value is -2.02. The minimum atomic E-state index is -0.509. The largest absolute Gasteiger partial charge is 0.495 e. The zero-order valence-electron chi connectivity index (χ0n) is 9.01. The Morgan fingerprint density at radius 2 is 2.25 bits per heavy atom. The van der Waals surface area contributed by atoms with Crippen LogP contribution in [0.25, 0.3) is 0 Å². The monoisotopic (exact) mass is 216 g/mol. The molecule has 4 heteroatoms. The van der Waals surface area contributed by atoms with Crippen LogP contribution in [0.4, 0.5) is 5.69 Å². The molecule has 0 spiro atoms. The van der Waals surface area contributed by atoms with Crippen molar-refractivity contribution in [2.24, 2.45) is 5.92 Å². The van der Waals surface area contributed by atoms with Crippen molar-refractivity contribution >= 4 is 11.5 Å². The number of nitriles is 1. The highest BCUT2D eigenvalue weighted by atomic mass is 16.5. The molecule has 1 saturated heterocycles. The zero-order valence-corrected chi connectivity index (χ0v) is 9.01. The third-order valence-corrected chi connectivity index (χ3v) is 2.72. The van der Waals surface area contributed by atoms with Crippen molar-refractivity contribution < 1.29 is 9.53 Å². The summed E-state index contributed by atoms with van der Waals surface area (Å²) in [6.45, 7) is 0.744. The molecule has 0 saturated carbocycles. The second kappa shape index (κ2) is 4.23. The first-order valence-corrected chi connectivity index (χ1v) is 5.06. The Morgan fingerprint density at radius 3 is 2.88 bits per heavy atom. The van der Waals surface area contributed by atoms with E-state index in [2.05, 4.69) is 0 Å². The summed E-state index contributed by atoms with van der Waals surface area (Å²) in [5, 5.41) is 8.80. The fourth-order valence-electron chi connectivity index (χ4n) is 1.87. The molecule has 82 valence electrons. The van der Waals surface area contributed by atoms with Crippen molar-refractivity contribution in [1.29, 1.82) is 5.26 Å². The van der Waals surface area contributed by atoms with Crippen LogP contribution in [0.3, 0.4) is 0 Å². The van der Waals surface area contributed by atoms with Gasteiger partial charge in [0, 0.05) is 6.54 Å². The van der Waals surface area contributed by atoms with Crippen LogP contribution in [0, 0.1) is 17.2 Å². The van der Waals surface area contributed by atoms with Gasteiger partial charge in [-0.1, -0.05) is 12.1 Å². The lowest BCUT2D eigenvalue weighted by molar-refractivity contribution is -0.118. The van der Waals surface area contributed by atoms with Crippen molar-refractivity contribution in [2.75, 3.05) is 25.1 Å². The number of carbonyl (C=O) groups excluding carboxylic acids is 1. The summed E-state index contributed by atoms with van der Waals surface area (Å²) in [6.07, 6.45) is 0. The first kappa shape index (κ1) is 10.5. The van der Waals surface area contributed by atoms with Gasteiger partial charge in [0.1, 0.15) is 11.7 Å². The van der Waals surface area contributed by atoms with Crippen LogP contribution >= 0.6 is 0 Å². The number of ether oxygens (including phenoxy) is 1. The molecule has 0 unspecified atom stereocenters. The Morgan fingerprint density at radius 1 is 1.50 bits per heavy atom. The number of rotatable bonds is 2. The van der Waals surface area contributed by atoms with Gasteiger partial charge in [0.2, 0.25) is 0 Å². The van der Waals surface area contributed by atoms with E-state index in [-0.39, 0.29) is 5.78 Å². The molecule has 0 aromatic heterocycles. The predicted molar refractivity (Wildman–Crippen MR) is 59.3 cm³/mol. The van der Waals surface area contributed by atoms with Gasteiger partial charge < -0.3 is 9.64 Å². The summed E-state index contributed by atoms with van der Waals surface area (Å²) in [5.41, 5.74) is 0.871. The predicted octanol–water partition coefficient (Wildman–Crippen LogP) is 1.22. The van der Waals surface area contributed by atoms with Gasteiger partial charge in [0.15, 0.2) is 5.78 Å². The highest BCUT2D eigenvalue weighted by Crippen LogP contribution is 2.30. The molecule has 1 aliphatic rings. The quantitative estimate of drug-likeness (QED) is 0.746. The molecular weight excluding hydrogens is 204 g/mol. The van der Waals surface area contributed by atoms with E-state index in [0.29, 0.717) is 13.1 Å². The summed E-state index contributed by atoms with van der Waals surface area (Å²) in [7, 11) is 1.60. The van der Waals surface area contributed by atoms with Gasteiger partial charge in [-0.3, -0.25) is 4.79 Å². The van der Waals surface area contributed by atoms with Gasteiger partial charge in [-0.25, -0.2) is 0 Å². The lowest BCUT2D eigenvalue weighted by Crippen LogP contribution is -2.20. The molecule has 0 amide bonds. The van der Waals surface area contributed by atoms with Gasteiger partial charge in [-0.2, -0.15) is 5.26 Å². The number of hydrogen-bond donors (Lipinski definition) is 0. The second-order valence-electron chi connectivity index (χ2n) is 3.70. The number of para-hydroxylation sites is 2. The van der Waals surface area contributed by atoms with E-state index >= 15 is 0 Å². The summed E-state index contributed by atoms with van der Waals surface area (Å²) in [4.78, 5) is 13.4. The fraction of sp³-hybridized carbons (Fsp3) is 0.333. The first-order valence-electron chi connectivity index (χ1n) is 5.06. The van der Waals surface area contributed by atoms with Crippen molar-refractivity contribution in [3.8, 4) is 11.8 Å². The lowest BCUT2D eigenvalue weighted by atomic mass is 10.1. The molecular formula is C12H12N2O2. The van der Waals surface area contributed by atoms with Gasteiger partial charge in [0.25, 0.3) is 0 Å². The maximum Gasteiger partial charge on any atom is 0.170 e. The van der Waals surface area contributed by atoms with E-state index in [1.54, 1.807) is 7.11 Å². The van der Waals surface area contributed by atoms with Crippen LogP contribution in [-0.4, -0.2) is 26.0 Å². The Balaban J connectivity index is 2.27. The number of Topliss-reactive ketones (excluding diaryl/α,β-unsaturated/α-hetero) is 1. The molecule has 1 heterocycles. The van der Waals surface area contributed by atoms with Crippen molar-refractivity contribution in [1.82, 2.24) is 0 Å². The average Bonchev–Trinajstić information content (AvgIpc) is 2.70. The fourth-order valence-corrected chi connectivity index (χ4v) is 1.87. The third kappa shape index (κ3) is 1.72. The summed E-state index contributed by atoms with van der Waals surface area (Å²) >= 11 is 0. The molecule has 16 heavy (non-hydrogen) atoms. The molecule has 2 rings (SSSR count). The highest BCUT2D eigenvalue weighted by molar-refractivity contribution is 5.92. The van der Waals surface area contributed by atoms with Gasteiger partial charge in [-0.05, 0) is 12.1 Å². The third-order valence-electron chi connectivity index (χ3n) is 2.72. The Kier molecular flexibility index (Phi) is 2.78. The molecule has 4 nitrogen and oxygen atoms in total. The van der Waals surface area contributed by atoms with Gasteiger partial charge in [-0.15, -0.1) is 0 Å². The molecule has 1 fully saturated rings. The van der Waals surface area contributed by atoms with Crippen molar-refractivity contribution in [2.45, 2.75) is 0 Å². The summed E-state index contributed by atoms with van der Waals surface area (Å²) in [6, 6.07) is 9.53. The second-order valence-corrected chi connectivity index (χ2v) is 3.70. The number of anilines is 1. The number of ketones is 1. The highest BCUT2D eigenvalue weighted by Gasteiger charge is 2.31. The van der Waals surface area contributed by atoms with Crippen LogP contribution in [0.1, 0.15) is 0 Å². The maximum absolute atomic E-state index is 11.5. The van der Waals surface area contributed by atoms with Crippen LogP contribution in [-0.2, 0) is 4.79 Å². The topological polar surface area (TPSA) is 53.3 Å². The molecule has 1 aromatic carbocycles. The molecule has 0 aliphatic carbocycles. The minimum Gasteiger partial charge on any atom is -0.495 e. The summed E-state index contributed by atoms with van der Waals surface area (Å²) < 4.78 is 5.23. The van der Waals surface area contributed by atoms with E-state index in [1.165, 1.54) is 0 Å². The molecule has 0 bridgehead atoms. The SMILES string of the molecule is COc1ccccc1N1CC(=O)[C@H](C#N)C1. The van der Waals surface area contributed by atoms with E-state index in [1.807, 2.05) is 35.2 Å². The number of carbonyl (C=O) groups is 1.